The SMILES string of the molecule is CC(C)(C)OC(=O)N1CCC(N2CCCC(F)(CN)C2)CC1. The molecule has 0 aromatic heterocycles. The van der Waals surface area contributed by atoms with Gasteiger partial charge in [0, 0.05) is 32.2 Å². The molecule has 0 bridgehead atoms. The highest BCUT2D eigenvalue weighted by Crippen LogP contribution is 2.28. The quantitative estimate of drug-likeness (QED) is 0.848. The molecule has 2 saturated heterocycles. The van der Waals surface area contributed by atoms with Crippen molar-refractivity contribution in [2.45, 2.75) is 63.8 Å². The number of alkyl halides is 1. The predicted molar refractivity (Wildman–Crippen MR) is 84.5 cm³/mol. The predicted octanol–water partition coefficient (Wildman–Crippen LogP) is 2.15. The van der Waals surface area contributed by atoms with Crippen LogP contribution in [0.1, 0.15) is 46.5 Å². The number of rotatable bonds is 2. The Bertz CT molecular complexity index is 391. The maximum absolute atomic E-state index is 14.4. The molecule has 2 heterocycles. The lowest BCUT2D eigenvalue weighted by Gasteiger charge is -2.44. The van der Waals surface area contributed by atoms with Crippen LogP contribution in [0.25, 0.3) is 0 Å². The summed E-state index contributed by atoms with van der Waals surface area (Å²) >= 11 is 0. The fourth-order valence-corrected chi connectivity index (χ4v) is 3.34. The van der Waals surface area contributed by atoms with Gasteiger partial charge in [0.15, 0.2) is 0 Å². The van der Waals surface area contributed by atoms with Crippen molar-refractivity contribution < 1.29 is 13.9 Å². The summed E-state index contributed by atoms with van der Waals surface area (Å²) in [5.74, 6) is 0. The van der Waals surface area contributed by atoms with E-state index in [0.717, 1.165) is 25.8 Å². The van der Waals surface area contributed by atoms with Gasteiger partial charge in [0.1, 0.15) is 11.3 Å². The minimum atomic E-state index is -1.24. The van der Waals surface area contributed by atoms with Gasteiger partial charge in [-0.15, -0.1) is 0 Å². The summed E-state index contributed by atoms with van der Waals surface area (Å²) in [4.78, 5) is 16.0. The fourth-order valence-electron chi connectivity index (χ4n) is 3.34. The fraction of sp³-hybridized carbons (Fsp3) is 0.938. The molecule has 1 unspecified atom stereocenters. The van der Waals surface area contributed by atoms with Gasteiger partial charge in [-0.25, -0.2) is 9.18 Å². The van der Waals surface area contributed by atoms with Gasteiger partial charge < -0.3 is 15.4 Å². The normalized spacial score (nSPS) is 28.7. The number of amides is 1. The molecule has 0 radical (unpaired) electrons. The van der Waals surface area contributed by atoms with Gasteiger partial charge in [0.05, 0.1) is 0 Å². The monoisotopic (exact) mass is 315 g/mol. The molecule has 0 aliphatic carbocycles. The van der Waals surface area contributed by atoms with Crippen molar-refractivity contribution in [2.24, 2.45) is 5.73 Å². The third-order valence-corrected chi connectivity index (χ3v) is 4.56. The van der Waals surface area contributed by atoms with E-state index >= 15 is 0 Å². The van der Waals surface area contributed by atoms with Gasteiger partial charge in [0.25, 0.3) is 0 Å². The Kier molecular flexibility index (Phi) is 5.33. The third-order valence-electron chi connectivity index (χ3n) is 4.56. The smallest absolute Gasteiger partial charge is 0.410 e. The molecular weight excluding hydrogens is 285 g/mol. The number of hydrogen-bond donors (Lipinski definition) is 1. The van der Waals surface area contributed by atoms with E-state index in [2.05, 4.69) is 4.90 Å². The van der Waals surface area contributed by atoms with Gasteiger partial charge in [-0.05, 0) is 53.0 Å². The van der Waals surface area contributed by atoms with Crippen LogP contribution in [0.4, 0.5) is 9.18 Å². The number of nitrogens with two attached hydrogens (primary N) is 1. The molecule has 0 spiro atoms. The number of piperidine rings is 2. The van der Waals surface area contributed by atoms with E-state index in [1.807, 2.05) is 20.8 Å². The van der Waals surface area contributed by atoms with E-state index in [4.69, 9.17) is 10.5 Å². The largest absolute Gasteiger partial charge is 0.444 e. The van der Waals surface area contributed by atoms with Crippen molar-refractivity contribution >= 4 is 6.09 Å². The topological polar surface area (TPSA) is 58.8 Å². The first-order valence-corrected chi connectivity index (χ1v) is 8.33. The first-order valence-electron chi connectivity index (χ1n) is 8.33. The Balaban J connectivity index is 1.83. The zero-order valence-corrected chi connectivity index (χ0v) is 14.1. The van der Waals surface area contributed by atoms with Gasteiger partial charge in [0.2, 0.25) is 0 Å². The maximum Gasteiger partial charge on any atom is 0.410 e. The van der Waals surface area contributed by atoms with Crippen LogP contribution < -0.4 is 5.73 Å². The van der Waals surface area contributed by atoms with Crippen LogP contribution >= 0.6 is 0 Å². The molecule has 0 aromatic rings. The summed E-state index contributed by atoms with van der Waals surface area (Å²) in [7, 11) is 0. The Morgan fingerprint density at radius 2 is 1.95 bits per heavy atom. The number of likely N-dealkylation sites (tertiary alicyclic amines) is 2. The number of hydrogen-bond acceptors (Lipinski definition) is 4. The Morgan fingerprint density at radius 3 is 2.50 bits per heavy atom. The van der Waals surface area contributed by atoms with Gasteiger partial charge >= 0.3 is 6.09 Å². The van der Waals surface area contributed by atoms with E-state index in [9.17, 15) is 9.18 Å². The second-order valence-corrected chi connectivity index (χ2v) is 7.63. The van der Waals surface area contributed by atoms with Crippen LogP contribution in [0.3, 0.4) is 0 Å². The molecule has 1 amide bonds. The van der Waals surface area contributed by atoms with Crippen molar-refractivity contribution in [3.8, 4) is 0 Å². The summed E-state index contributed by atoms with van der Waals surface area (Å²) in [6.45, 7) is 8.44. The Labute approximate surface area is 133 Å². The zero-order valence-electron chi connectivity index (χ0n) is 14.1. The van der Waals surface area contributed by atoms with Crippen LogP contribution in [0.2, 0.25) is 0 Å². The molecule has 6 heteroatoms. The standard InChI is InChI=1S/C16H30FN3O2/c1-15(2,3)22-14(21)19-9-5-13(6-10-19)20-8-4-7-16(17,11-18)12-20/h13H,4-12,18H2,1-3H3. The zero-order chi connectivity index (χ0) is 16.4. The molecule has 2 rings (SSSR count). The lowest BCUT2D eigenvalue weighted by molar-refractivity contribution is -0.00460. The molecule has 5 nitrogen and oxygen atoms in total. The number of carbonyl (C=O) groups is 1. The second-order valence-electron chi connectivity index (χ2n) is 7.63. The minimum Gasteiger partial charge on any atom is -0.444 e. The molecule has 2 N–H and O–H groups in total. The van der Waals surface area contributed by atoms with Crippen molar-refractivity contribution in [3.05, 3.63) is 0 Å². The summed E-state index contributed by atoms with van der Waals surface area (Å²) in [6, 6.07) is 0.348. The second kappa shape index (κ2) is 6.71. The average Bonchev–Trinajstić information content (AvgIpc) is 2.46. The van der Waals surface area contributed by atoms with Gasteiger partial charge in [-0.2, -0.15) is 0 Å². The van der Waals surface area contributed by atoms with Crippen LogP contribution in [-0.4, -0.2) is 65.9 Å². The Hall–Kier alpha value is -0.880. The highest BCUT2D eigenvalue weighted by atomic mass is 19.1. The van der Waals surface area contributed by atoms with E-state index in [0.29, 0.717) is 32.1 Å². The van der Waals surface area contributed by atoms with Crippen LogP contribution in [-0.2, 0) is 4.74 Å². The molecule has 2 fully saturated rings. The number of ether oxygens (including phenoxy) is 1. The molecule has 1 atom stereocenters. The molecular formula is C16H30FN3O2. The molecule has 2 aliphatic rings. The van der Waals surface area contributed by atoms with Crippen LogP contribution in [0, 0.1) is 0 Å². The lowest BCUT2D eigenvalue weighted by Crippen LogP contribution is -2.55. The van der Waals surface area contributed by atoms with Crippen molar-refractivity contribution in [2.75, 3.05) is 32.7 Å². The summed E-state index contributed by atoms with van der Waals surface area (Å²) < 4.78 is 19.9. The highest BCUT2D eigenvalue weighted by Gasteiger charge is 2.38. The number of carbonyl (C=O) groups excluding carboxylic acids is 1. The maximum atomic E-state index is 14.4. The molecule has 0 aromatic carbocycles. The first kappa shape index (κ1) is 17.5. The summed E-state index contributed by atoms with van der Waals surface area (Å²) in [5, 5.41) is 0. The lowest BCUT2D eigenvalue weighted by atomic mass is 9.91. The summed E-state index contributed by atoms with van der Waals surface area (Å²) in [5.41, 5.74) is 3.88. The number of nitrogens with zero attached hydrogens (tertiary/aromatic N) is 2. The van der Waals surface area contributed by atoms with Crippen LogP contribution in [0.5, 0.6) is 0 Å². The third kappa shape index (κ3) is 4.56. The van der Waals surface area contributed by atoms with E-state index in [-0.39, 0.29) is 12.6 Å². The van der Waals surface area contributed by atoms with E-state index in [1.165, 1.54) is 0 Å². The van der Waals surface area contributed by atoms with Gasteiger partial charge in [-0.1, -0.05) is 0 Å². The van der Waals surface area contributed by atoms with Crippen molar-refractivity contribution in [1.82, 2.24) is 9.80 Å². The average molecular weight is 315 g/mol. The summed E-state index contributed by atoms with van der Waals surface area (Å²) in [6.07, 6.45) is 2.93. The van der Waals surface area contributed by atoms with E-state index in [1.54, 1.807) is 4.90 Å². The van der Waals surface area contributed by atoms with Crippen molar-refractivity contribution in [3.63, 3.8) is 0 Å². The first-order chi connectivity index (χ1) is 10.2. The highest BCUT2D eigenvalue weighted by molar-refractivity contribution is 5.68. The van der Waals surface area contributed by atoms with Crippen molar-refractivity contribution in [1.29, 1.82) is 0 Å². The van der Waals surface area contributed by atoms with Crippen LogP contribution in [0.15, 0.2) is 0 Å². The van der Waals surface area contributed by atoms with Gasteiger partial charge in [-0.3, -0.25) is 4.90 Å². The molecule has 0 saturated carbocycles. The minimum absolute atomic E-state index is 0.0975. The molecule has 128 valence electrons. The molecule has 22 heavy (non-hydrogen) atoms. The Morgan fingerprint density at radius 1 is 1.32 bits per heavy atom. The molecule has 2 aliphatic heterocycles. The number of halogens is 1. The van der Waals surface area contributed by atoms with E-state index < -0.39 is 11.3 Å².